The maximum atomic E-state index is 13.6. The minimum absolute atomic E-state index is 0.0927. The lowest BCUT2D eigenvalue weighted by molar-refractivity contribution is 0.590. The number of aromatic nitrogens is 1. The van der Waals surface area contributed by atoms with Gasteiger partial charge in [0.1, 0.15) is 11.3 Å². The highest BCUT2D eigenvalue weighted by Gasteiger charge is 2.11. The normalized spacial score (nSPS) is 11.2. The summed E-state index contributed by atoms with van der Waals surface area (Å²) in [7, 11) is 0. The lowest BCUT2D eigenvalue weighted by atomic mass is 10.1. The zero-order valence-electron chi connectivity index (χ0n) is 8.55. The van der Waals surface area contributed by atoms with Crippen LogP contribution in [0, 0.1) is 11.6 Å². The van der Waals surface area contributed by atoms with E-state index in [-0.39, 0.29) is 5.52 Å². The third kappa shape index (κ3) is 1.54. The zero-order chi connectivity index (χ0) is 12.0. The van der Waals surface area contributed by atoms with Crippen molar-refractivity contribution < 1.29 is 8.78 Å². The number of hydrogen-bond acceptors (Lipinski definition) is 1. The molecule has 1 heterocycles. The molecule has 3 aromatic rings. The van der Waals surface area contributed by atoms with Crippen molar-refractivity contribution in [3.8, 4) is 0 Å². The standard InChI is InChI=1S/C13H6ClF2N/c14-12-8-3-1-2-4-11(8)17-13-9(12)5-7(15)6-10(13)16/h1-6H. The van der Waals surface area contributed by atoms with Crippen LogP contribution < -0.4 is 0 Å². The molecule has 0 bridgehead atoms. The summed E-state index contributed by atoms with van der Waals surface area (Å²) in [6.45, 7) is 0. The molecule has 0 spiro atoms. The van der Waals surface area contributed by atoms with E-state index < -0.39 is 11.6 Å². The van der Waals surface area contributed by atoms with Crippen LogP contribution in [0.4, 0.5) is 8.78 Å². The van der Waals surface area contributed by atoms with E-state index in [1.165, 1.54) is 6.07 Å². The van der Waals surface area contributed by atoms with Crippen LogP contribution in [0.15, 0.2) is 36.4 Å². The Hall–Kier alpha value is -1.74. The average Bonchev–Trinajstić information content (AvgIpc) is 2.31. The highest BCUT2D eigenvalue weighted by Crippen LogP contribution is 2.31. The van der Waals surface area contributed by atoms with Gasteiger partial charge in [-0.2, -0.15) is 0 Å². The van der Waals surface area contributed by atoms with Gasteiger partial charge in [-0.05, 0) is 12.1 Å². The Morgan fingerprint density at radius 3 is 2.59 bits per heavy atom. The Morgan fingerprint density at radius 2 is 1.76 bits per heavy atom. The number of para-hydroxylation sites is 1. The molecule has 0 saturated heterocycles. The zero-order valence-corrected chi connectivity index (χ0v) is 9.30. The topological polar surface area (TPSA) is 12.9 Å². The number of pyridine rings is 1. The fourth-order valence-corrected chi connectivity index (χ4v) is 2.17. The van der Waals surface area contributed by atoms with Crippen molar-refractivity contribution >= 4 is 33.4 Å². The van der Waals surface area contributed by atoms with Crippen molar-refractivity contribution in [2.45, 2.75) is 0 Å². The molecule has 84 valence electrons. The minimum atomic E-state index is -0.701. The largest absolute Gasteiger partial charge is 0.245 e. The second-order valence-corrected chi connectivity index (χ2v) is 4.10. The number of rotatable bonds is 0. The van der Waals surface area contributed by atoms with Crippen LogP contribution in [0.25, 0.3) is 21.8 Å². The molecular weight excluding hydrogens is 244 g/mol. The van der Waals surface area contributed by atoms with Crippen molar-refractivity contribution in [3.63, 3.8) is 0 Å². The molecule has 0 aliphatic heterocycles. The van der Waals surface area contributed by atoms with Crippen molar-refractivity contribution in [3.05, 3.63) is 53.1 Å². The third-order valence-electron chi connectivity index (χ3n) is 2.64. The van der Waals surface area contributed by atoms with Crippen LogP contribution in [0.1, 0.15) is 0 Å². The second kappa shape index (κ2) is 3.64. The molecule has 1 aromatic heterocycles. The molecule has 0 saturated carbocycles. The maximum Gasteiger partial charge on any atom is 0.152 e. The first kappa shape index (κ1) is 10.4. The van der Waals surface area contributed by atoms with Crippen molar-refractivity contribution in [2.75, 3.05) is 0 Å². The summed E-state index contributed by atoms with van der Waals surface area (Å²) in [5.74, 6) is -1.36. The van der Waals surface area contributed by atoms with Crippen molar-refractivity contribution in [1.29, 1.82) is 0 Å². The van der Waals surface area contributed by atoms with Gasteiger partial charge in [0.2, 0.25) is 0 Å². The van der Waals surface area contributed by atoms with E-state index in [4.69, 9.17) is 11.6 Å². The molecule has 0 aliphatic rings. The Morgan fingerprint density at radius 1 is 1.00 bits per heavy atom. The smallest absolute Gasteiger partial charge is 0.152 e. The van der Waals surface area contributed by atoms with E-state index in [0.717, 1.165) is 6.07 Å². The van der Waals surface area contributed by atoms with Gasteiger partial charge in [-0.3, -0.25) is 0 Å². The monoisotopic (exact) mass is 249 g/mol. The Balaban J connectivity index is 2.59. The molecular formula is C13H6ClF2N. The number of benzene rings is 2. The van der Waals surface area contributed by atoms with Gasteiger partial charge < -0.3 is 0 Å². The quantitative estimate of drug-likeness (QED) is 0.541. The van der Waals surface area contributed by atoms with Crippen molar-refractivity contribution in [2.24, 2.45) is 0 Å². The van der Waals surface area contributed by atoms with Crippen LogP contribution in [0.3, 0.4) is 0 Å². The summed E-state index contributed by atoms with van der Waals surface area (Å²) < 4.78 is 26.7. The van der Waals surface area contributed by atoms with Crippen molar-refractivity contribution in [1.82, 2.24) is 4.98 Å². The molecule has 0 unspecified atom stereocenters. The van der Waals surface area contributed by atoms with Crippen LogP contribution in [-0.2, 0) is 0 Å². The average molecular weight is 250 g/mol. The highest BCUT2D eigenvalue weighted by molar-refractivity contribution is 6.40. The van der Waals surface area contributed by atoms with Gasteiger partial charge in [-0.15, -0.1) is 0 Å². The molecule has 2 aromatic carbocycles. The fraction of sp³-hybridized carbons (Fsp3) is 0. The van der Waals surface area contributed by atoms with E-state index in [1.54, 1.807) is 24.3 Å². The summed E-state index contributed by atoms with van der Waals surface area (Å²) in [5, 5.41) is 1.30. The predicted octanol–water partition coefficient (Wildman–Crippen LogP) is 4.32. The number of nitrogens with zero attached hydrogens (tertiary/aromatic N) is 1. The van der Waals surface area contributed by atoms with Crippen LogP contribution >= 0.6 is 11.6 Å². The highest BCUT2D eigenvalue weighted by atomic mass is 35.5. The summed E-state index contributed by atoms with van der Waals surface area (Å²) in [6.07, 6.45) is 0. The predicted molar refractivity (Wildman–Crippen MR) is 64.2 cm³/mol. The van der Waals surface area contributed by atoms with E-state index in [2.05, 4.69) is 4.98 Å². The molecule has 0 N–H and O–H groups in total. The molecule has 0 amide bonds. The Labute approximate surface area is 101 Å². The summed E-state index contributed by atoms with van der Waals surface area (Å²) >= 11 is 6.14. The number of hydrogen-bond donors (Lipinski definition) is 0. The van der Waals surface area contributed by atoms with Gasteiger partial charge in [0.15, 0.2) is 5.82 Å². The van der Waals surface area contributed by atoms with Crippen LogP contribution in [0.2, 0.25) is 5.02 Å². The molecule has 0 atom stereocenters. The molecule has 17 heavy (non-hydrogen) atoms. The van der Waals surface area contributed by atoms with Crippen LogP contribution in [-0.4, -0.2) is 4.98 Å². The Kier molecular flexibility index (Phi) is 2.23. The lowest BCUT2D eigenvalue weighted by Gasteiger charge is -2.05. The molecule has 4 heteroatoms. The summed E-state index contributed by atoms with van der Waals surface area (Å²) in [4.78, 5) is 4.15. The van der Waals surface area contributed by atoms with Gasteiger partial charge >= 0.3 is 0 Å². The van der Waals surface area contributed by atoms with E-state index >= 15 is 0 Å². The van der Waals surface area contributed by atoms with Gasteiger partial charge in [0.25, 0.3) is 0 Å². The molecule has 0 aliphatic carbocycles. The molecule has 3 rings (SSSR count). The molecule has 0 radical (unpaired) electrons. The van der Waals surface area contributed by atoms with Gasteiger partial charge in [0.05, 0.1) is 10.5 Å². The first-order valence-corrected chi connectivity index (χ1v) is 5.37. The third-order valence-corrected chi connectivity index (χ3v) is 3.04. The first-order chi connectivity index (χ1) is 8.16. The van der Waals surface area contributed by atoms with Gasteiger partial charge in [0, 0.05) is 16.8 Å². The minimum Gasteiger partial charge on any atom is -0.245 e. The van der Waals surface area contributed by atoms with E-state index in [1.807, 2.05) is 0 Å². The van der Waals surface area contributed by atoms with Crippen LogP contribution in [0.5, 0.6) is 0 Å². The number of halogens is 3. The molecule has 0 fully saturated rings. The van der Waals surface area contributed by atoms with E-state index in [9.17, 15) is 8.78 Å². The Bertz CT molecular complexity index is 740. The second-order valence-electron chi connectivity index (χ2n) is 3.73. The fourth-order valence-electron chi connectivity index (χ4n) is 1.87. The van der Waals surface area contributed by atoms with E-state index in [0.29, 0.717) is 21.3 Å². The summed E-state index contributed by atoms with van der Waals surface area (Å²) in [6, 6.07) is 9.10. The van der Waals surface area contributed by atoms with Gasteiger partial charge in [-0.1, -0.05) is 29.8 Å². The molecule has 1 nitrogen and oxygen atoms in total. The first-order valence-electron chi connectivity index (χ1n) is 5.00. The maximum absolute atomic E-state index is 13.6. The lowest BCUT2D eigenvalue weighted by Crippen LogP contribution is -1.90. The SMILES string of the molecule is Fc1cc(F)c2nc3ccccc3c(Cl)c2c1. The number of fused-ring (bicyclic) bond motifs is 2. The van der Waals surface area contributed by atoms with Gasteiger partial charge in [-0.25, -0.2) is 13.8 Å². The summed E-state index contributed by atoms with van der Waals surface area (Å²) in [5.41, 5.74) is 0.686.